The van der Waals surface area contributed by atoms with Gasteiger partial charge in [0.1, 0.15) is 4.90 Å². The second-order valence-electron chi connectivity index (χ2n) is 4.99. The van der Waals surface area contributed by atoms with Crippen LogP contribution in [0.15, 0.2) is 14.7 Å². The van der Waals surface area contributed by atoms with Gasteiger partial charge >= 0.3 is 0 Å². The van der Waals surface area contributed by atoms with Crippen molar-refractivity contribution < 1.29 is 8.42 Å². The van der Waals surface area contributed by atoms with Gasteiger partial charge in [-0.2, -0.15) is 4.31 Å². The summed E-state index contributed by atoms with van der Waals surface area (Å²) in [5, 5.41) is 3.05. The number of hydrogen-bond acceptors (Lipinski definition) is 4. The van der Waals surface area contributed by atoms with Crippen molar-refractivity contribution in [2.45, 2.75) is 51.0 Å². The Labute approximate surface area is 141 Å². The molecular weight excluding hydrogens is 372 g/mol. The minimum atomic E-state index is -3.40. The maximum Gasteiger partial charge on any atom is 0.245 e. The third-order valence-electron chi connectivity index (χ3n) is 3.20. The first kappa shape index (κ1) is 19.1. The molecule has 0 amide bonds. The fraction of sp³-hybridized carbons (Fsp3) is 0.714. The molecule has 0 unspecified atom stereocenters. The molecule has 0 spiro atoms. The molecule has 0 aliphatic carbocycles. The Morgan fingerprint density at radius 2 is 1.81 bits per heavy atom. The highest BCUT2D eigenvalue weighted by Crippen LogP contribution is 2.33. The number of hydrogen-bond donors (Lipinski definition) is 1. The van der Waals surface area contributed by atoms with Crippen LogP contribution < -0.4 is 5.32 Å². The van der Waals surface area contributed by atoms with Gasteiger partial charge < -0.3 is 5.32 Å². The standard InChI is InChI=1S/C14H25BrN2O2S2/c1-4-6-8-17(9-7-5-2)21(18,19)13-10-12(11-16-3)20-14(13)15/h10,16H,4-9,11H2,1-3H3. The van der Waals surface area contributed by atoms with Gasteiger partial charge in [-0.1, -0.05) is 26.7 Å². The van der Waals surface area contributed by atoms with Crippen LogP contribution in [-0.4, -0.2) is 32.9 Å². The van der Waals surface area contributed by atoms with E-state index in [4.69, 9.17) is 0 Å². The van der Waals surface area contributed by atoms with E-state index in [0.29, 0.717) is 28.3 Å². The molecule has 0 aliphatic rings. The van der Waals surface area contributed by atoms with Gasteiger partial charge in [0, 0.05) is 24.5 Å². The lowest BCUT2D eigenvalue weighted by Crippen LogP contribution is -2.33. The fourth-order valence-electron chi connectivity index (χ4n) is 2.00. The zero-order chi connectivity index (χ0) is 15.9. The predicted molar refractivity (Wildman–Crippen MR) is 93.4 cm³/mol. The number of nitrogens with zero attached hydrogens (tertiary/aromatic N) is 1. The molecule has 0 aliphatic heterocycles. The highest BCUT2D eigenvalue weighted by atomic mass is 79.9. The van der Waals surface area contributed by atoms with Crippen LogP contribution in [0.2, 0.25) is 0 Å². The Hall–Kier alpha value is 0.0500. The smallest absolute Gasteiger partial charge is 0.245 e. The lowest BCUT2D eigenvalue weighted by atomic mass is 10.3. The van der Waals surface area contributed by atoms with Crippen molar-refractivity contribution in [3.8, 4) is 0 Å². The van der Waals surface area contributed by atoms with Gasteiger partial charge in [-0.05, 0) is 41.9 Å². The number of nitrogens with one attached hydrogen (secondary N) is 1. The lowest BCUT2D eigenvalue weighted by molar-refractivity contribution is 0.395. The summed E-state index contributed by atoms with van der Waals surface area (Å²) in [6.07, 6.45) is 3.78. The monoisotopic (exact) mass is 396 g/mol. The predicted octanol–water partition coefficient (Wildman–Crippen LogP) is 3.82. The molecule has 1 heterocycles. The molecule has 1 rings (SSSR count). The van der Waals surface area contributed by atoms with Gasteiger partial charge in [0.2, 0.25) is 10.0 Å². The molecule has 0 saturated heterocycles. The summed E-state index contributed by atoms with van der Waals surface area (Å²) in [6, 6.07) is 1.78. The second-order valence-corrected chi connectivity index (χ2v) is 9.35. The third-order valence-corrected chi connectivity index (χ3v) is 7.35. The van der Waals surface area contributed by atoms with Gasteiger partial charge in [-0.25, -0.2) is 8.42 Å². The van der Waals surface area contributed by atoms with Crippen molar-refractivity contribution >= 4 is 37.3 Å². The summed E-state index contributed by atoms with van der Waals surface area (Å²) < 4.78 is 28.1. The highest BCUT2D eigenvalue weighted by molar-refractivity contribution is 9.11. The molecule has 1 aromatic heterocycles. The molecule has 122 valence electrons. The first-order chi connectivity index (χ1) is 9.97. The quantitative estimate of drug-likeness (QED) is 0.653. The number of sulfonamides is 1. The van der Waals surface area contributed by atoms with E-state index in [1.807, 2.05) is 7.05 Å². The summed E-state index contributed by atoms with van der Waals surface area (Å²) in [5.41, 5.74) is 0. The molecular formula is C14H25BrN2O2S2. The average molecular weight is 397 g/mol. The zero-order valence-corrected chi connectivity index (χ0v) is 16.2. The van der Waals surface area contributed by atoms with E-state index in [9.17, 15) is 8.42 Å². The molecule has 7 heteroatoms. The lowest BCUT2D eigenvalue weighted by Gasteiger charge is -2.21. The van der Waals surface area contributed by atoms with Gasteiger partial charge in [-0.15, -0.1) is 11.3 Å². The highest BCUT2D eigenvalue weighted by Gasteiger charge is 2.27. The minimum absolute atomic E-state index is 0.407. The molecule has 0 radical (unpaired) electrons. The molecule has 1 N–H and O–H groups in total. The second kappa shape index (κ2) is 9.25. The van der Waals surface area contributed by atoms with Crippen molar-refractivity contribution in [1.29, 1.82) is 0 Å². The van der Waals surface area contributed by atoms with Gasteiger partial charge in [-0.3, -0.25) is 0 Å². The van der Waals surface area contributed by atoms with Crippen LogP contribution in [0.4, 0.5) is 0 Å². The van der Waals surface area contributed by atoms with Crippen molar-refractivity contribution in [2.75, 3.05) is 20.1 Å². The van der Waals surface area contributed by atoms with Gasteiger partial charge in [0.05, 0.1) is 3.79 Å². The van der Waals surface area contributed by atoms with E-state index in [2.05, 4.69) is 35.1 Å². The summed E-state index contributed by atoms with van der Waals surface area (Å²) in [5.74, 6) is 0. The molecule has 0 saturated carbocycles. The molecule has 0 aromatic carbocycles. The molecule has 1 aromatic rings. The minimum Gasteiger partial charge on any atom is -0.315 e. The van der Waals surface area contributed by atoms with E-state index < -0.39 is 10.0 Å². The van der Waals surface area contributed by atoms with E-state index >= 15 is 0 Å². The normalized spacial score (nSPS) is 12.2. The fourth-order valence-corrected chi connectivity index (χ4v) is 6.16. The summed E-state index contributed by atoms with van der Waals surface area (Å²) in [4.78, 5) is 1.43. The van der Waals surface area contributed by atoms with E-state index in [-0.39, 0.29) is 0 Å². The van der Waals surface area contributed by atoms with Crippen LogP contribution in [0, 0.1) is 0 Å². The Kier molecular flexibility index (Phi) is 8.41. The topological polar surface area (TPSA) is 49.4 Å². The number of unbranched alkanes of at least 4 members (excludes halogenated alkanes) is 2. The van der Waals surface area contributed by atoms with Crippen LogP contribution in [0.5, 0.6) is 0 Å². The Morgan fingerprint density at radius 3 is 2.29 bits per heavy atom. The molecule has 0 atom stereocenters. The van der Waals surface area contributed by atoms with Crippen molar-refractivity contribution in [3.63, 3.8) is 0 Å². The number of rotatable bonds is 10. The largest absolute Gasteiger partial charge is 0.315 e. The van der Waals surface area contributed by atoms with Crippen LogP contribution in [0.25, 0.3) is 0 Å². The van der Waals surface area contributed by atoms with Crippen LogP contribution in [-0.2, 0) is 16.6 Å². The summed E-state index contributed by atoms with van der Waals surface area (Å²) >= 11 is 4.89. The first-order valence-electron chi connectivity index (χ1n) is 7.40. The van der Waals surface area contributed by atoms with E-state index in [0.717, 1.165) is 30.6 Å². The summed E-state index contributed by atoms with van der Waals surface area (Å²) in [7, 11) is -1.55. The molecule has 0 fully saturated rings. The van der Waals surface area contributed by atoms with Crippen LogP contribution in [0.1, 0.15) is 44.4 Å². The van der Waals surface area contributed by atoms with E-state index in [1.54, 1.807) is 10.4 Å². The SMILES string of the molecule is CCCCN(CCCC)S(=O)(=O)c1cc(CNC)sc1Br. The number of thiophene rings is 1. The van der Waals surface area contributed by atoms with Gasteiger partial charge in [0.25, 0.3) is 0 Å². The average Bonchev–Trinajstić information content (AvgIpc) is 2.80. The Bertz CT molecular complexity index is 521. The molecule has 21 heavy (non-hydrogen) atoms. The number of halogens is 1. The molecule has 0 bridgehead atoms. The van der Waals surface area contributed by atoms with Crippen molar-refractivity contribution in [1.82, 2.24) is 9.62 Å². The Balaban J connectivity index is 3.03. The maximum atomic E-state index is 12.9. The zero-order valence-electron chi connectivity index (χ0n) is 13.0. The van der Waals surface area contributed by atoms with Crippen molar-refractivity contribution in [3.05, 3.63) is 14.7 Å². The van der Waals surface area contributed by atoms with Gasteiger partial charge in [0.15, 0.2) is 0 Å². The third kappa shape index (κ3) is 5.32. The van der Waals surface area contributed by atoms with Crippen molar-refractivity contribution in [2.24, 2.45) is 0 Å². The Morgan fingerprint density at radius 1 is 1.24 bits per heavy atom. The van der Waals surface area contributed by atoms with E-state index in [1.165, 1.54) is 11.3 Å². The summed E-state index contributed by atoms with van der Waals surface area (Å²) in [6.45, 7) is 6.04. The van der Waals surface area contributed by atoms with Crippen LogP contribution in [0.3, 0.4) is 0 Å². The molecule has 4 nitrogen and oxygen atoms in total. The maximum absolute atomic E-state index is 12.9. The van der Waals surface area contributed by atoms with Crippen LogP contribution >= 0.6 is 27.3 Å². The first-order valence-corrected chi connectivity index (χ1v) is 10.4.